The van der Waals surface area contributed by atoms with E-state index in [1.165, 1.54) is 12.0 Å². The summed E-state index contributed by atoms with van der Waals surface area (Å²) in [7, 11) is 3.73. The van der Waals surface area contributed by atoms with Crippen LogP contribution in [0, 0.1) is 0 Å². The minimum atomic E-state index is 0.263. The fourth-order valence-corrected chi connectivity index (χ4v) is 3.62. The number of likely N-dealkylation sites (tertiary alicyclic amines) is 1. The van der Waals surface area contributed by atoms with Gasteiger partial charge in [0.15, 0.2) is 0 Å². The Hall–Kier alpha value is -1.55. The lowest BCUT2D eigenvalue weighted by Crippen LogP contribution is -2.51. The topological polar surface area (TPSA) is 32.8 Å². The van der Waals surface area contributed by atoms with E-state index >= 15 is 0 Å². The summed E-state index contributed by atoms with van der Waals surface area (Å²) in [6.45, 7) is 7.02. The van der Waals surface area contributed by atoms with E-state index in [0.717, 1.165) is 25.0 Å². The van der Waals surface area contributed by atoms with E-state index in [0.29, 0.717) is 24.7 Å². The first-order valence-corrected chi connectivity index (χ1v) is 9.06. The number of rotatable bonds is 6. The van der Waals surface area contributed by atoms with Crippen molar-refractivity contribution in [3.63, 3.8) is 0 Å². The Morgan fingerprint density at radius 2 is 1.83 bits per heavy atom. The average Bonchev–Trinajstić information content (AvgIpc) is 2.55. The summed E-state index contributed by atoms with van der Waals surface area (Å²) in [6, 6.07) is 9.23. The number of amides is 1. The first-order chi connectivity index (χ1) is 11.4. The summed E-state index contributed by atoms with van der Waals surface area (Å²) in [5.41, 5.74) is 1.27. The molecule has 0 N–H and O–H groups in total. The quantitative estimate of drug-likeness (QED) is 0.801. The molecule has 0 aromatic heterocycles. The number of carbonyl (C=O) groups is 1. The van der Waals surface area contributed by atoms with Crippen LogP contribution in [0.1, 0.15) is 45.6 Å². The maximum Gasteiger partial charge on any atom is 0.237 e. The van der Waals surface area contributed by atoms with E-state index in [1.807, 2.05) is 19.2 Å². The number of likely N-dealkylation sites (N-methyl/N-ethyl adjacent to an activating group) is 1. The molecule has 0 radical (unpaired) electrons. The van der Waals surface area contributed by atoms with Crippen molar-refractivity contribution >= 4 is 5.91 Å². The van der Waals surface area contributed by atoms with Crippen LogP contribution in [0.15, 0.2) is 24.3 Å². The number of benzene rings is 1. The molecule has 1 fully saturated rings. The number of nitrogens with zero attached hydrogens (tertiary/aromatic N) is 2. The van der Waals surface area contributed by atoms with Gasteiger partial charge in [-0.25, -0.2) is 0 Å². The second-order valence-electron chi connectivity index (χ2n) is 7.25. The summed E-state index contributed by atoms with van der Waals surface area (Å²) in [5, 5.41) is 0. The van der Waals surface area contributed by atoms with Gasteiger partial charge in [-0.3, -0.25) is 9.69 Å². The molecule has 1 aliphatic heterocycles. The zero-order valence-corrected chi connectivity index (χ0v) is 15.8. The van der Waals surface area contributed by atoms with Gasteiger partial charge in [-0.2, -0.15) is 0 Å². The Morgan fingerprint density at radius 1 is 1.25 bits per heavy atom. The van der Waals surface area contributed by atoms with Gasteiger partial charge < -0.3 is 9.64 Å². The Kier molecular flexibility index (Phi) is 6.67. The van der Waals surface area contributed by atoms with E-state index in [9.17, 15) is 4.79 Å². The largest absolute Gasteiger partial charge is 0.497 e. The zero-order valence-electron chi connectivity index (χ0n) is 15.8. The van der Waals surface area contributed by atoms with Crippen LogP contribution in [0.5, 0.6) is 5.75 Å². The van der Waals surface area contributed by atoms with Crippen LogP contribution in [0.3, 0.4) is 0 Å². The van der Waals surface area contributed by atoms with Gasteiger partial charge in [0.05, 0.1) is 13.7 Å². The van der Waals surface area contributed by atoms with Crippen molar-refractivity contribution in [1.29, 1.82) is 0 Å². The predicted molar refractivity (Wildman–Crippen MR) is 98.4 cm³/mol. The third kappa shape index (κ3) is 4.73. The molecule has 4 nitrogen and oxygen atoms in total. The first-order valence-electron chi connectivity index (χ1n) is 9.06. The molecule has 1 saturated heterocycles. The molecule has 4 heteroatoms. The molecule has 0 bridgehead atoms. The molecule has 0 aliphatic carbocycles. The van der Waals surface area contributed by atoms with E-state index in [2.05, 4.69) is 42.7 Å². The van der Waals surface area contributed by atoms with Crippen molar-refractivity contribution in [3.8, 4) is 5.75 Å². The molecule has 1 amide bonds. The molecule has 0 spiro atoms. The van der Waals surface area contributed by atoms with E-state index in [4.69, 9.17) is 4.74 Å². The fourth-order valence-electron chi connectivity index (χ4n) is 3.62. The smallest absolute Gasteiger partial charge is 0.237 e. The highest BCUT2D eigenvalue weighted by Gasteiger charge is 2.29. The predicted octanol–water partition coefficient (Wildman–Crippen LogP) is 3.35. The summed E-state index contributed by atoms with van der Waals surface area (Å²) in [5.74, 6) is 1.14. The molecule has 1 aromatic carbocycles. The number of hydrogen-bond donors (Lipinski definition) is 0. The van der Waals surface area contributed by atoms with Gasteiger partial charge in [0.2, 0.25) is 5.91 Å². The van der Waals surface area contributed by atoms with Crippen LogP contribution >= 0.6 is 0 Å². The monoisotopic (exact) mass is 332 g/mol. The van der Waals surface area contributed by atoms with Crippen LogP contribution in [0.25, 0.3) is 0 Å². The van der Waals surface area contributed by atoms with Crippen molar-refractivity contribution in [2.75, 3.05) is 20.7 Å². The van der Waals surface area contributed by atoms with Crippen LogP contribution < -0.4 is 4.74 Å². The molecule has 2 rings (SSSR count). The number of carbonyl (C=O) groups excluding carboxylic acids is 1. The van der Waals surface area contributed by atoms with Crippen LogP contribution in [-0.2, 0) is 11.2 Å². The second-order valence-corrected chi connectivity index (χ2v) is 7.25. The third-order valence-corrected chi connectivity index (χ3v) is 5.31. The molecule has 1 aromatic rings. The van der Waals surface area contributed by atoms with Gasteiger partial charge in [-0.05, 0) is 71.2 Å². The molecule has 1 aliphatic rings. The van der Waals surface area contributed by atoms with Crippen LogP contribution in [-0.4, -0.2) is 54.5 Å². The van der Waals surface area contributed by atoms with Gasteiger partial charge in [0, 0.05) is 18.1 Å². The molecule has 3 atom stereocenters. The standard InChI is InChI=1S/C20H32N2O2/c1-15-7-6-8-16(2)22(15)20(23)14-21(4)17(3)13-18-9-11-19(24-5)12-10-18/h9-12,15-17H,6-8,13-14H2,1-5H3. The highest BCUT2D eigenvalue weighted by molar-refractivity contribution is 5.79. The Balaban J connectivity index is 1.90. The normalized spacial score (nSPS) is 22.5. The maximum atomic E-state index is 12.7. The van der Waals surface area contributed by atoms with E-state index in [-0.39, 0.29) is 5.91 Å². The van der Waals surface area contributed by atoms with Crippen molar-refractivity contribution < 1.29 is 9.53 Å². The summed E-state index contributed by atoms with van der Waals surface area (Å²) >= 11 is 0. The molecule has 0 saturated carbocycles. The summed E-state index contributed by atoms with van der Waals surface area (Å²) < 4.78 is 5.20. The zero-order chi connectivity index (χ0) is 17.7. The Labute approximate surface area is 146 Å². The van der Waals surface area contributed by atoms with Gasteiger partial charge >= 0.3 is 0 Å². The molecule has 1 heterocycles. The van der Waals surface area contributed by atoms with Gasteiger partial charge in [0.1, 0.15) is 5.75 Å². The highest BCUT2D eigenvalue weighted by atomic mass is 16.5. The molecular formula is C20H32N2O2. The van der Waals surface area contributed by atoms with Crippen molar-refractivity contribution in [3.05, 3.63) is 29.8 Å². The van der Waals surface area contributed by atoms with Crippen molar-refractivity contribution in [2.24, 2.45) is 0 Å². The number of hydrogen-bond acceptors (Lipinski definition) is 3. The maximum absolute atomic E-state index is 12.7. The third-order valence-electron chi connectivity index (χ3n) is 5.31. The Morgan fingerprint density at radius 3 is 2.38 bits per heavy atom. The van der Waals surface area contributed by atoms with Crippen molar-refractivity contribution in [1.82, 2.24) is 9.80 Å². The first kappa shape index (κ1) is 18.8. The van der Waals surface area contributed by atoms with Crippen LogP contribution in [0.2, 0.25) is 0 Å². The molecule has 3 unspecified atom stereocenters. The molecular weight excluding hydrogens is 300 g/mol. The fraction of sp³-hybridized carbons (Fsp3) is 0.650. The number of ether oxygens (including phenoxy) is 1. The highest BCUT2D eigenvalue weighted by Crippen LogP contribution is 2.23. The number of methoxy groups -OCH3 is 1. The molecule has 134 valence electrons. The Bertz CT molecular complexity index is 519. The minimum Gasteiger partial charge on any atom is -0.497 e. The summed E-state index contributed by atoms with van der Waals surface area (Å²) in [4.78, 5) is 17.0. The molecule has 24 heavy (non-hydrogen) atoms. The minimum absolute atomic E-state index is 0.263. The van der Waals surface area contributed by atoms with Crippen LogP contribution in [0.4, 0.5) is 0 Å². The lowest BCUT2D eigenvalue weighted by Gasteiger charge is -2.40. The van der Waals surface area contributed by atoms with Gasteiger partial charge in [-0.15, -0.1) is 0 Å². The van der Waals surface area contributed by atoms with E-state index < -0.39 is 0 Å². The van der Waals surface area contributed by atoms with E-state index in [1.54, 1.807) is 7.11 Å². The van der Waals surface area contributed by atoms with Gasteiger partial charge in [0.25, 0.3) is 0 Å². The SMILES string of the molecule is COc1ccc(CC(C)N(C)CC(=O)N2C(C)CCCC2C)cc1. The average molecular weight is 332 g/mol. The second kappa shape index (κ2) is 8.52. The van der Waals surface area contributed by atoms with Crippen molar-refractivity contribution in [2.45, 2.75) is 64.6 Å². The van der Waals surface area contributed by atoms with Gasteiger partial charge in [-0.1, -0.05) is 12.1 Å². The number of piperidine rings is 1. The lowest BCUT2D eigenvalue weighted by molar-refractivity contribution is -0.138. The lowest BCUT2D eigenvalue weighted by atomic mass is 9.97. The summed E-state index contributed by atoms with van der Waals surface area (Å²) in [6.07, 6.45) is 4.41.